The second-order valence-electron chi connectivity index (χ2n) is 4.65. The van der Waals surface area contributed by atoms with Crippen molar-refractivity contribution in [1.29, 1.82) is 0 Å². The minimum Gasteiger partial charge on any atom is -0.508 e. The SMILES string of the molecule is Cl.Cl.Cl.Cl.O.O=c1c(O)c(-c2ccc(O)c(O)c2)oc2cc(O)cc(O)c12.[Fe]. The van der Waals surface area contributed by atoms with E-state index >= 15 is 0 Å². The van der Waals surface area contributed by atoms with Gasteiger partial charge >= 0.3 is 0 Å². The molecule has 8 nitrogen and oxygen atoms in total. The molecule has 0 atom stereocenters. The molecule has 0 saturated carbocycles. The van der Waals surface area contributed by atoms with Crippen LogP contribution in [0.5, 0.6) is 28.7 Å². The summed E-state index contributed by atoms with van der Waals surface area (Å²) in [5.41, 5.74) is -0.890. The van der Waals surface area contributed by atoms with Gasteiger partial charge < -0.3 is 35.4 Å². The predicted molar refractivity (Wildman–Crippen MR) is 109 cm³/mol. The summed E-state index contributed by atoms with van der Waals surface area (Å²) in [4.78, 5) is 12.1. The Morgan fingerprint density at radius 2 is 1.32 bits per heavy atom. The molecule has 0 unspecified atom stereocenters. The molecule has 13 heteroatoms. The van der Waals surface area contributed by atoms with Crippen molar-refractivity contribution >= 4 is 60.6 Å². The van der Waals surface area contributed by atoms with Gasteiger partial charge in [-0.3, -0.25) is 4.79 Å². The van der Waals surface area contributed by atoms with Gasteiger partial charge in [0.1, 0.15) is 22.5 Å². The maximum Gasteiger partial charge on any atom is 0.238 e. The van der Waals surface area contributed by atoms with Gasteiger partial charge in [0.15, 0.2) is 17.3 Å². The van der Waals surface area contributed by atoms with Crippen LogP contribution in [0.25, 0.3) is 22.3 Å². The van der Waals surface area contributed by atoms with Crippen molar-refractivity contribution in [3.8, 4) is 40.1 Å². The molecule has 1 heterocycles. The second kappa shape index (κ2) is 12.7. The average Bonchev–Trinajstić information content (AvgIpc) is 2.45. The van der Waals surface area contributed by atoms with Crippen molar-refractivity contribution in [3.05, 3.63) is 40.6 Å². The number of fused-ring (bicyclic) bond motifs is 1. The Bertz CT molecular complexity index is 980. The zero-order valence-electron chi connectivity index (χ0n) is 13.4. The molecule has 0 aliphatic rings. The number of phenolic OH excluding ortho intramolecular Hbond substituents is 4. The number of aromatic hydroxyl groups is 5. The quantitative estimate of drug-likeness (QED) is 0.243. The third-order valence-corrected chi connectivity index (χ3v) is 3.17. The molecule has 0 aliphatic carbocycles. The summed E-state index contributed by atoms with van der Waals surface area (Å²) in [6.45, 7) is 0. The van der Waals surface area contributed by atoms with Crippen molar-refractivity contribution in [3.63, 3.8) is 0 Å². The van der Waals surface area contributed by atoms with E-state index in [1.165, 1.54) is 6.07 Å². The van der Waals surface area contributed by atoms with Crippen LogP contribution >= 0.6 is 49.6 Å². The van der Waals surface area contributed by atoms with Crippen molar-refractivity contribution in [1.82, 2.24) is 0 Å². The first kappa shape index (κ1) is 33.8. The smallest absolute Gasteiger partial charge is 0.238 e. The van der Waals surface area contributed by atoms with Gasteiger partial charge in [-0.05, 0) is 18.2 Å². The van der Waals surface area contributed by atoms with Gasteiger partial charge in [0.05, 0.1) is 0 Å². The van der Waals surface area contributed by atoms with E-state index in [1.54, 1.807) is 0 Å². The number of hydrogen-bond donors (Lipinski definition) is 5. The number of halogens is 4. The van der Waals surface area contributed by atoms with Crippen LogP contribution < -0.4 is 5.43 Å². The molecule has 0 saturated heterocycles. The zero-order chi connectivity index (χ0) is 16.0. The van der Waals surface area contributed by atoms with Crippen molar-refractivity contribution in [2.45, 2.75) is 0 Å². The fourth-order valence-electron chi connectivity index (χ4n) is 2.14. The van der Waals surface area contributed by atoms with Gasteiger partial charge in [-0.25, -0.2) is 0 Å². The predicted octanol–water partition coefficient (Wildman–Crippen LogP) is 2.85. The number of phenols is 4. The first-order valence-corrected chi connectivity index (χ1v) is 6.12. The van der Waals surface area contributed by atoms with E-state index in [9.17, 15) is 30.3 Å². The normalized spacial score (nSPS) is 8.57. The van der Waals surface area contributed by atoms with Crippen LogP contribution in [0, 0.1) is 0 Å². The van der Waals surface area contributed by atoms with E-state index in [0.717, 1.165) is 24.3 Å². The first-order valence-electron chi connectivity index (χ1n) is 6.12. The van der Waals surface area contributed by atoms with Gasteiger partial charge in [0.2, 0.25) is 11.2 Å². The number of hydrogen-bond acceptors (Lipinski definition) is 7. The summed E-state index contributed by atoms with van der Waals surface area (Å²) in [6.07, 6.45) is 0. The van der Waals surface area contributed by atoms with E-state index in [1.807, 2.05) is 0 Å². The molecule has 160 valence electrons. The van der Waals surface area contributed by atoms with Crippen LogP contribution in [0.2, 0.25) is 0 Å². The maximum absolute atomic E-state index is 12.1. The van der Waals surface area contributed by atoms with Crippen LogP contribution in [0.15, 0.2) is 39.5 Å². The molecular formula is C15H16Cl4FeO8. The van der Waals surface area contributed by atoms with Crippen molar-refractivity contribution in [2.75, 3.05) is 0 Å². The molecule has 0 bridgehead atoms. The Kier molecular flexibility index (Phi) is 15.3. The summed E-state index contributed by atoms with van der Waals surface area (Å²) < 4.78 is 5.35. The van der Waals surface area contributed by atoms with Crippen LogP contribution in [-0.2, 0) is 17.1 Å². The zero-order valence-corrected chi connectivity index (χ0v) is 17.8. The molecule has 0 aliphatic heterocycles. The minimum atomic E-state index is -0.888. The Labute approximate surface area is 193 Å². The van der Waals surface area contributed by atoms with E-state index < -0.39 is 22.7 Å². The number of benzene rings is 2. The Morgan fingerprint density at radius 1 is 0.750 bits per heavy atom. The monoisotopic (exact) mass is 520 g/mol. The third-order valence-electron chi connectivity index (χ3n) is 3.17. The molecular weight excluding hydrogens is 506 g/mol. The summed E-state index contributed by atoms with van der Waals surface area (Å²) >= 11 is 0. The summed E-state index contributed by atoms with van der Waals surface area (Å²) in [6, 6.07) is 5.64. The first-order chi connectivity index (χ1) is 10.4. The second-order valence-corrected chi connectivity index (χ2v) is 4.65. The van der Waals surface area contributed by atoms with Crippen LogP contribution in [0.1, 0.15) is 0 Å². The molecule has 3 rings (SSSR count). The van der Waals surface area contributed by atoms with E-state index in [2.05, 4.69) is 0 Å². The standard InChI is InChI=1S/C15H10O7.4ClH.Fe.H2O/c16-7-4-10(19)12-11(5-7)22-15(14(21)13(12)20)6-1-2-8(17)9(18)3-6;;;;;;/h1-5,16-19,21H;4*1H;;1H2. The molecule has 0 radical (unpaired) electrons. The third kappa shape index (κ3) is 5.89. The van der Waals surface area contributed by atoms with Crippen LogP contribution in [0.4, 0.5) is 0 Å². The van der Waals surface area contributed by atoms with Crippen molar-refractivity contribution in [2.24, 2.45) is 0 Å². The Morgan fingerprint density at radius 3 is 1.86 bits per heavy atom. The summed E-state index contributed by atoms with van der Waals surface area (Å²) in [7, 11) is 0. The Balaban J connectivity index is -0.000000480. The fourth-order valence-corrected chi connectivity index (χ4v) is 2.14. The molecule has 0 fully saturated rings. The van der Waals surface area contributed by atoms with Crippen LogP contribution in [-0.4, -0.2) is 31.0 Å². The molecule has 1 aromatic heterocycles. The van der Waals surface area contributed by atoms with Crippen molar-refractivity contribution < 1.29 is 52.5 Å². The maximum atomic E-state index is 12.1. The fraction of sp³-hybridized carbons (Fsp3) is 0. The largest absolute Gasteiger partial charge is 0.508 e. The molecule has 0 amide bonds. The molecule has 2 aromatic carbocycles. The minimum absolute atomic E-state index is 0. The Hall–Kier alpha value is -1.71. The topological polar surface area (TPSA) is 163 Å². The molecule has 28 heavy (non-hydrogen) atoms. The van der Waals surface area contributed by atoms with Gasteiger partial charge in [0.25, 0.3) is 0 Å². The molecule has 3 aromatic rings. The van der Waals surface area contributed by atoms with E-state index in [0.29, 0.717) is 0 Å². The summed E-state index contributed by atoms with van der Waals surface area (Å²) in [5.74, 6) is -2.71. The van der Waals surface area contributed by atoms with Gasteiger partial charge in [-0.2, -0.15) is 0 Å². The van der Waals surface area contributed by atoms with Crippen LogP contribution in [0.3, 0.4) is 0 Å². The summed E-state index contributed by atoms with van der Waals surface area (Å²) in [5, 5.41) is 47.6. The van der Waals surface area contributed by atoms with Gasteiger partial charge in [0, 0.05) is 34.8 Å². The average molecular weight is 522 g/mol. The number of rotatable bonds is 1. The molecule has 7 N–H and O–H groups in total. The molecule has 0 spiro atoms. The van der Waals surface area contributed by atoms with Gasteiger partial charge in [-0.15, -0.1) is 49.6 Å². The van der Waals surface area contributed by atoms with E-state index in [-0.39, 0.29) is 106 Å². The van der Waals surface area contributed by atoms with E-state index in [4.69, 9.17) is 4.42 Å². The van der Waals surface area contributed by atoms with Gasteiger partial charge in [-0.1, -0.05) is 0 Å².